The first-order chi connectivity index (χ1) is 23.3. The molecule has 2 heterocycles. The van der Waals surface area contributed by atoms with E-state index in [9.17, 15) is 4.79 Å². The van der Waals surface area contributed by atoms with E-state index in [1.807, 2.05) is 0 Å². The summed E-state index contributed by atoms with van der Waals surface area (Å²) in [5, 5.41) is 4.35. The fraction of sp³-hybridized carbons (Fsp3) is 0.841. The van der Waals surface area contributed by atoms with E-state index in [4.69, 9.17) is 9.47 Å². The van der Waals surface area contributed by atoms with E-state index in [-0.39, 0.29) is 22.8 Å². The van der Waals surface area contributed by atoms with Crippen molar-refractivity contribution in [3.05, 3.63) is 35.5 Å². The molecule has 49 heavy (non-hydrogen) atoms. The fourth-order valence-electron chi connectivity index (χ4n) is 15.3. The number of nitrogens with zero attached hydrogens (tertiary/aromatic N) is 1. The minimum absolute atomic E-state index is 0.0293. The first-order valence-electron chi connectivity index (χ1n) is 20.5. The summed E-state index contributed by atoms with van der Waals surface area (Å²) in [7, 11) is 1.53. The van der Waals surface area contributed by atoms with Gasteiger partial charge in [0.25, 0.3) is 0 Å². The van der Waals surface area contributed by atoms with E-state index < -0.39 is 0 Å². The molecule has 0 spiro atoms. The van der Waals surface area contributed by atoms with Crippen LogP contribution in [-0.2, 0) is 14.3 Å². The number of ether oxygens (including phenoxy) is 2. The summed E-state index contributed by atoms with van der Waals surface area (Å²) in [4.78, 5) is 15.0. The molecule has 0 radical (unpaired) electrons. The fourth-order valence-corrected chi connectivity index (χ4v) is 15.3. The number of hydrogen-bond donors (Lipinski definition) is 1. The van der Waals surface area contributed by atoms with Crippen LogP contribution in [0, 0.1) is 57.2 Å². The maximum absolute atomic E-state index is 12.3. The summed E-state index contributed by atoms with van der Waals surface area (Å²) < 4.78 is 11.0. The normalized spacial score (nSPS) is 48.5. The van der Waals surface area contributed by atoms with Crippen LogP contribution in [0.5, 0.6) is 0 Å². The Bertz CT molecular complexity index is 1410. The molecule has 0 aromatic heterocycles. The molecule has 2 saturated heterocycles. The third-order valence-corrected chi connectivity index (χ3v) is 17.8. The van der Waals surface area contributed by atoms with Crippen molar-refractivity contribution in [2.24, 2.45) is 57.2 Å². The summed E-state index contributed by atoms with van der Waals surface area (Å²) in [6, 6.07) is 0.655. The number of rotatable bonds is 7. The highest BCUT2D eigenvalue weighted by Crippen LogP contribution is 2.76. The van der Waals surface area contributed by atoms with Crippen molar-refractivity contribution < 1.29 is 14.3 Å². The van der Waals surface area contributed by atoms with Gasteiger partial charge in [-0.1, -0.05) is 58.9 Å². The van der Waals surface area contributed by atoms with Crippen LogP contribution in [0.15, 0.2) is 35.5 Å². The van der Waals surface area contributed by atoms with E-state index in [0.717, 1.165) is 50.8 Å². The van der Waals surface area contributed by atoms with Crippen LogP contribution in [0.3, 0.4) is 0 Å². The molecular formula is C44H68N2O3. The van der Waals surface area contributed by atoms with E-state index >= 15 is 0 Å². The van der Waals surface area contributed by atoms with Gasteiger partial charge >= 0.3 is 5.97 Å². The van der Waals surface area contributed by atoms with Crippen LogP contribution in [-0.4, -0.2) is 61.9 Å². The molecule has 6 aliphatic carbocycles. The third-order valence-electron chi connectivity index (χ3n) is 17.8. The molecule has 4 saturated carbocycles. The van der Waals surface area contributed by atoms with Gasteiger partial charge in [0.2, 0.25) is 0 Å². The Morgan fingerprint density at radius 2 is 1.82 bits per heavy atom. The van der Waals surface area contributed by atoms with Gasteiger partial charge in [-0.3, -0.25) is 9.69 Å². The second-order valence-corrected chi connectivity index (χ2v) is 19.9. The van der Waals surface area contributed by atoms with Gasteiger partial charge in [-0.05, 0) is 153 Å². The van der Waals surface area contributed by atoms with E-state index in [2.05, 4.69) is 70.5 Å². The Labute approximate surface area is 298 Å². The van der Waals surface area contributed by atoms with Gasteiger partial charge in [0.15, 0.2) is 0 Å². The Morgan fingerprint density at radius 1 is 1.00 bits per heavy atom. The quantitative estimate of drug-likeness (QED) is 0.216. The number of allylic oxidation sites excluding steroid dienone is 5. The molecule has 0 amide bonds. The monoisotopic (exact) mass is 673 g/mol. The van der Waals surface area contributed by atoms with Crippen LogP contribution in [0.4, 0.5) is 0 Å². The third kappa shape index (κ3) is 5.03. The highest BCUT2D eigenvalue weighted by Gasteiger charge is 2.70. The maximum atomic E-state index is 12.3. The molecule has 1 N–H and O–H groups in total. The molecule has 5 heteroatoms. The largest absolute Gasteiger partial charge is 0.469 e. The number of likely N-dealkylation sites (tertiary alicyclic amines) is 1. The zero-order valence-corrected chi connectivity index (χ0v) is 32.2. The van der Waals surface area contributed by atoms with Crippen LogP contribution in [0.25, 0.3) is 0 Å². The lowest BCUT2D eigenvalue weighted by Gasteiger charge is -2.72. The van der Waals surface area contributed by atoms with Gasteiger partial charge in [-0.15, -0.1) is 0 Å². The zero-order valence-electron chi connectivity index (χ0n) is 32.2. The SMILES string of the molecule is C=C(C)C1CCC2(NCCN3CC4CC3CO4)CCC3(C)C(CCC4C5(C)CC=C(C6=CCC(C(=O)OC)CC6)C(C)(C)C5CCC43C)C12. The van der Waals surface area contributed by atoms with Crippen molar-refractivity contribution in [2.75, 3.05) is 33.4 Å². The van der Waals surface area contributed by atoms with E-state index in [1.165, 1.54) is 89.0 Å². The maximum Gasteiger partial charge on any atom is 0.308 e. The van der Waals surface area contributed by atoms with Gasteiger partial charge in [0.05, 0.1) is 25.7 Å². The zero-order chi connectivity index (χ0) is 34.6. The average molecular weight is 673 g/mol. The Kier molecular flexibility index (Phi) is 8.52. The lowest BCUT2D eigenvalue weighted by molar-refractivity contribution is -0.221. The average Bonchev–Trinajstić information content (AvgIpc) is 3.80. The molecule has 0 aromatic carbocycles. The number of nitrogens with one attached hydrogen (secondary N) is 1. The van der Waals surface area contributed by atoms with Gasteiger partial charge < -0.3 is 14.8 Å². The molecule has 6 fully saturated rings. The standard InChI is InChI=1S/C44H68N2O3/c1-28(2)33-15-20-44(45-23-24-46-26-32-25-31(46)27-49-32)22-21-42(6)35(38(33)44)13-14-37-41(5)18-16-34(29-9-11-30(12-10-29)39(47)48-8)40(3,4)36(41)17-19-43(37,42)7/h9,16,30-33,35-38,45H,1,10-15,17-27H2,2-8H3. The molecular weight excluding hydrogens is 604 g/mol. The topological polar surface area (TPSA) is 50.8 Å². The summed E-state index contributed by atoms with van der Waals surface area (Å²) in [6.45, 7) is 24.8. The van der Waals surface area contributed by atoms with E-state index in [0.29, 0.717) is 46.1 Å². The minimum Gasteiger partial charge on any atom is -0.469 e. The van der Waals surface area contributed by atoms with Crippen molar-refractivity contribution in [3.8, 4) is 0 Å². The predicted molar refractivity (Wildman–Crippen MR) is 198 cm³/mol. The molecule has 8 aliphatic rings. The van der Waals surface area contributed by atoms with Crippen molar-refractivity contribution in [3.63, 3.8) is 0 Å². The Hall–Kier alpha value is -1.43. The predicted octanol–water partition coefficient (Wildman–Crippen LogP) is 8.89. The van der Waals surface area contributed by atoms with Gasteiger partial charge in [-0.2, -0.15) is 0 Å². The van der Waals surface area contributed by atoms with Gasteiger partial charge in [0.1, 0.15) is 0 Å². The molecule has 272 valence electrons. The highest BCUT2D eigenvalue weighted by atomic mass is 16.5. The van der Waals surface area contributed by atoms with Crippen molar-refractivity contribution in [1.82, 2.24) is 10.2 Å². The molecule has 5 nitrogen and oxygen atoms in total. The molecule has 0 aromatic rings. The second kappa shape index (κ2) is 12.1. The number of esters is 1. The molecule has 12 atom stereocenters. The summed E-state index contributed by atoms with van der Waals surface area (Å²) in [6.07, 6.45) is 21.6. The van der Waals surface area contributed by atoms with E-state index in [1.54, 1.807) is 5.57 Å². The van der Waals surface area contributed by atoms with Crippen LogP contribution in [0.1, 0.15) is 125 Å². The molecule has 2 bridgehead atoms. The molecule has 12 unspecified atom stereocenters. The number of morpholine rings is 1. The smallest absolute Gasteiger partial charge is 0.308 e. The number of carbonyl (C=O) groups is 1. The lowest BCUT2D eigenvalue weighted by atomic mass is 9.33. The number of hydrogen-bond acceptors (Lipinski definition) is 5. The van der Waals surface area contributed by atoms with Crippen molar-refractivity contribution >= 4 is 5.97 Å². The van der Waals surface area contributed by atoms with Crippen LogP contribution >= 0.6 is 0 Å². The molecule has 8 rings (SSSR count). The number of carbonyl (C=O) groups excluding carboxylic acids is 1. The highest BCUT2D eigenvalue weighted by molar-refractivity contribution is 5.73. The van der Waals surface area contributed by atoms with Crippen molar-refractivity contribution in [1.29, 1.82) is 0 Å². The number of fused-ring (bicyclic) bond motifs is 9. The van der Waals surface area contributed by atoms with Crippen LogP contribution < -0.4 is 5.32 Å². The van der Waals surface area contributed by atoms with Crippen LogP contribution in [0.2, 0.25) is 0 Å². The van der Waals surface area contributed by atoms with Crippen molar-refractivity contribution in [2.45, 2.75) is 143 Å². The lowest BCUT2D eigenvalue weighted by Crippen LogP contribution is -2.68. The summed E-state index contributed by atoms with van der Waals surface area (Å²) in [5.41, 5.74) is 6.04. The van der Waals surface area contributed by atoms with Gasteiger partial charge in [0, 0.05) is 31.2 Å². The first-order valence-corrected chi connectivity index (χ1v) is 20.5. The first kappa shape index (κ1) is 34.6. The Balaban J connectivity index is 1.04. The van der Waals surface area contributed by atoms with Gasteiger partial charge in [-0.25, -0.2) is 0 Å². The minimum atomic E-state index is -0.0393. The summed E-state index contributed by atoms with van der Waals surface area (Å²) >= 11 is 0. The molecule has 2 aliphatic heterocycles. The summed E-state index contributed by atoms with van der Waals surface area (Å²) in [5.74, 6) is 3.59. The second-order valence-electron chi connectivity index (χ2n) is 19.9. The number of methoxy groups -OCH3 is 1. The Morgan fingerprint density at radius 3 is 2.49 bits per heavy atom.